The summed E-state index contributed by atoms with van der Waals surface area (Å²) in [6.45, 7) is 3.60. The summed E-state index contributed by atoms with van der Waals surface area (Å²) < 4.78 is 5.17. The van der Waals surface area contributed by atoms with Crippen LogP contribution in [-0.2, 0) is 4.79 Å². The van der Waals surface area contributed by atoms with Crippen LogP contribution in [0, 0.1) is 17.3 Å². The van der Waals surface area contributed by atoms with E-state index in [1.165, 1.54) is 51.5 Å². The highest BCUT2D eigenvalue weighted by Crippen LogP contribution is 2.59. The predicted octanol–water partition coefficient (Wildman–Crippen LogP) is 4.97. The van der Waals surface area contributed by atoms with Crippen molar-refractivity contribution in [3.05, 3.63) is 23.2 Å². The third-order valence-electron chi connectivity index (χ3n) is 7.02. The minimum absolute atomic E-state index is 0.150. The number of hydrogen-bond donors (Lipinski definition) is 1. The lowest BCUT2D eigenvalue weighted by atomic mass is 9.86. The zero-order chi connectivity index (χ0) is 18.9. The number of nitrogens with one attached hydrogen (secondary N) is 1. The molecule has 0 radical (unpaired) electrons. The normalized spacial score (nSPS) is 25.3. The van der Waals surface area contributed by atoms with Crippen molar-refractivity contribution in [2.24, 2.45) is 17.3 Å². The van der Waals surface area contributed by atoms with Crippen LogP contribution in [0.5, 0.6) is 5.75 Å². The molecule has 5 heteroatoms. The van der Waals surface area contributed by atoms with Crippen molar-refractivity contribution in [1.82, 2.24) is 4.90 Å². The van der Waals surface area contributed by atoms with Crippen LogP contribution in [0.3, 0.4) is 0 Å². The summed E-state index contributed by atoms with van der Waals surface area (Å²) >= 11 is 6.16. The van der Waals surface area contributed by atoms with E-state index in [4.69, 9.17) is 16.3 Å². The SMILES string of the molecule is COc1ccc(NC(=O)[C@H]2CC23CCN(CC2CCCCC2)CC3)cc1Cl. The number of amides is 1. The Bertz CT molecular complexity index is 679. The largest absolute Gasteiger partial charge is 0.495 e. The van der Waals surface area contributed by atoms with E-state index in [0.717, 1.165) is 31.1 Å². The molecular weight excluding hydrogens is 360 g/mol. The quantitative estimate of drug-likeness (QED) is 0.771. The average molecular weight is 391 g/mol. The molecule has 0 unspecified atom stereocenters. The van der Waals surface area contributed by atoms with Gasteiger partial charge in [-0.15, -0.1) is 0 Å². The summed E-state index contributed by atoms with van der Waals surface area (Å²) in [5.41, 5.74) is 1.01. The maximum Gasteiger partial charge on any atom is 0.228 e. The first-order valence-electron chi connectivity index (χ1n) is 10.5. The fourth-order valence-electron chi connectivity index (χ4n) is 5.16. The Morgan fingerprint density at radius 1 is 1.26 bits per heavy atom. The first-order chi connectivity index (χ1) is 13.1. The summed E-state index contributed by atoms with van der Waals surface area (Å²) in [6.07, 6.45) is 10.5. The number of likely N-dealkylation sites (tertiary alicyclic amines) is 1. The Balaban J connectivity index is 1.26. The van der Waals surface area contributed by atoms with Gasteiger partial charge in [0.25, 0.3) is 0 Å². The highest BCUT2D eigenvalue weighted by atomic mass is 35.5. The van der Waals surface area contributed by atoms with Crippen molar-refractivity contribution >= 4 is 23.2 Å². The molecule has 1 heterocycles. The highest BCUT2D eigenvalue weighted by Gasteiger charge is 2.58. The molecule has 4 rings (SSSR count). The molecule has 148 valence electrons. The molecular formula is C22H31ClN2O2. The van der Waals surface area contributed by atoms with Crippen LogP contribution in [0.15, 0.2) is 18.2 Å². The Hall–Kier alpha value is -1.26. The van der Waals surface area contributed by atoms with Crippen LogP contribution < -0.4 is 10.1 Å². The van der Waals surface area contributed by atoms with Crippen molar-refractivity contribution in [2.75, 3.05) is 32.1 Å². The highest BCUT2D eigenvalue weighted by molar-refractivity contribution is 6.32. The van der Waals surface area contributed by atoms with Gasteiger partial charge in [-0.2, -0.15) is 0 Å². The lowest BCUT2D eigenvalue weighted by Crippen LogP contribution is -2.39. The summed E-state index contributed by atoms with van der Waals surface area (Å²) in [5.74, 6) is 1.85. The molecule has 1 aliphatic heterocycles. The molecule has 1 aromatic carbocycles. The molecule has 3 fully saturated rings. The van der Waals surface area contributed by atoms with E-state index >= 15 is 0 Å². The zero-order valence-electron chi connectivity index (χ0n) is 16.3. The number of methoxy groups -OCH3 is 1. The van der Waals surface area contributed by atoms with Crippen LogP contribution in [0.25, 0.3) is 0 Å². The zero-order valence-corrected chi connectivity index (χ0v) is 17.1. The van der Waals surface area contributed by atoms with Crippen LogP contribution in [0.1, 0.15) is 51.4 Å². The van der Waals surface area contributed by atoms with Gasteiger partial charge in [0.1, 0.15) is 5.75 Å². The van der Waals surface area contributed by atoms with Crippen molar-refractivity contribution in [1.29, 1.82) is 0 Å². The molecule has 0 bridgehead atoms. The number of hydrogen-bond acceptors (Lipinski definition) is 3. The molecule has 4 nitrogen and oxygen atoms in total. The number of anilines is 1. The molecule has 1 spiro atoms. The van der Waals surface area contributed by atoms with Crippen molar-refractivity contribution in [2.45, 2.75) is 51.4 Å². The van der Waals surface area contributed by atoms with Crippen molar-refractivity contribution in [3.8, 4) is 5.75 Å². The van der Waals surface area contributed by atoms with Crippen LogP contribution in [0.4, 0.5) is 5.69 Å². The summed E-state index contributed by atoms with van der Waals surface area (Å²) in [5, 5.41) is 3.58. The van der Waals surface area contributed by atoms with Gasteiger partial charge in [0.2, 0.25) is 5.91 Å². The Morgan fingerprint density at radius 3 is 2.67 bits per heavy atom. The van der Waals surface area contributed by atoms with E-state index in [2.05, 4.69) is 10.2 Å². The minimum Gasteiger partial charge on any atom is -0.495 e. The number of nitrogens with zero attached hydrogens (tertiary/aromatic N) is 1. The van der Waals surface area contributed by atoms with E-state index in [0.29, 0.717) is 10.8 Å². The molecule has 27 heavy (non-hydrogen) atoms. The number of piperidine rings is 1. The molecule has 1 aromatic rings. The molecule has 1 amide bonds. The Kier molecular flexibility index (Phi) is 5.65. The van der Waals surface area contributed by atoms with E-state index in [1.807, 2.05) is 6.07 Å². The smallest absolute Gasteiger partial charge is 0.228 e. The number of carbonyl (C=O) groups excluding carboxylic acids is 1. The van der Waals surface area contributed by atoms with Gasteiger partial charge in [-0.05, 0) is 74.7 Å². The molecule has 1 saturated heterocycles. The molecule has 1 N–H and O–H groups in total. The van der Waals surface area contributed by atoms with E-state index in [-0.39, 0.29) is 17.2 Å². The third-order valence-corrected chi connectivity index (χ3v) is 7.31. The summed E-state index contributed by atoms with van der Waals surface area (Å²) in [6, 6.07) is 5.41. The van der Waals surface area contributed by atoms with Gasteiger partial charge in [-0.3, -0.25) is 4.79 Å². The topological polar surface area (TPSA) is 41.6 Å². The van der Waals surface area contributed by atoms with E-state index < -0.39 is 0 Å². The monoisotopic (exact) mass is 390 g/mol. The van der Waals surface area contributed by atoms with Gasteiger partial charge in [0.15, 0.2) is 0 Å². The molecule has 2 aliphatic carbocycles. The number of halogens is 1. The predicted molar refractivity (Wildman–Crippen MR) is 109 cm³/mol. The minimum atomic E-state index is 0.150. The van der Waals surface area contributed by atoms with Gasteiger partial charge in [0, 0.05) is 18.2 Å². The second-order valence-corrected chi connectivity index (χ2v) is 9.17. The summed E-state index contributed by atoms with van der Waals surface area (Å²) in [7, 11) is 1.59. The van der Waals surface area contributed by atoms with Crippen LogP contribution in [-0.4, -0.2) is 37.6 Å². The number of carbonyl (C=O) groups is 1. The first kappa shape index (κ1) is 19.1. The Morgan fingerprint density at radius 2 is 2.00 bits per heavy atom. The fourth-order valence-corrected chi connectivity index (χ4v) is 5.42. The molecule has 0 aromatic heterocycles. The van der Waals surface area contributed by atoms with Gasteiger partial charge >= 0.3 is 0 Å². The van der Waals surface area contributed by atoms with Crippen molar-refractivity contribution in [3.63, 3.8) is 0 Å². The fraction of sp³-hybridized carbons (Fsp3) is 0.682. The van der Waals surface area contributed by atoms with E-state index in [1.54, 1.807) is 19.2 Å². The van der Waals surface area contributed by atoms with Crippen LogP contribution in [0.2, 0.25) is 5.02 Å². The number of benzene rings is 1. The maximum absolute atomic E-state index is 12.7. The van der Waals surface area contributed by atoms with E-state index in [9.17, 15) is 4.79 Å². The lowest BCUT2D eigenvalue weighted by molar-refractivity contribution is -0.118. The molecule has 3 aliphatic rings. The Labute approximate surface area is 167 Å². The van der Waals surface area contributed by atoms with Gasteiger partial charge in [-0.25, -0.2) is 0 Å². The third kappa shape index (κ3) is 4.27. The molecule has 1 atom stereocenters. The number of ether oxygens (including phenoxy) is 1. The maximum atomic E-state index is 12.7. The van der Waals surface area contributed by atoms with Gasteiger partial charge in [0.05, 0.1) is 12.1 Å². The summed E-state index contributed by atoms with van der Waals surface area (Å²) in [4.78, 5) is 15.4. The first-order valence-corrected chi connectivity index (χ1v) is 10.8. The van der Waals surface area contributed by atoms with Crippen molar-refractivity contribution < 1.29 is 9.53 Å². The molecule has 2 saturated carbocycles. The average Bonchev–Trinajstić information content (AvgIpc) is 3.39. The van der Waals surface area contributed by atoms with Crippen LogP contribution >= 0.6 is 11.6 Å². The van der Waals surface area contributed by atoms with Gasteiger partial charge in [-0.1, -0.05) is 30.9 Å². The second kappa shape index (κ2) is 8.00. The standard InChI is InChI=1S/C22H31ClN2O2/c1-27-20-8-7-17(13-19(20)23)24-21(26)18-14-22(18)9-11-25(12-10-22)15-16-5-3-2-4-6-16/h7-8,13,16,18H,2-6,9-12,14-15H2,1H3,(H,24,26)/t18-/m1/s1. The second-order valence-electron chi connectivity index (χ2n) is 8.76. The number of rotatable bonds is 5. The lowest BCUT2D eigenvalue weighted by Gasteiger charge is -2.36. The van der Waals surface area contributed by atoms with Gasteiger partial charge < -0.3 is 15.0 Å².